The van der Waals surface area contributed by atoms with Crippen molar-refractivity contribution in [2.75, 3.05) is 12.0 Å². The van der Waals surface area contributed by atoms with Crippen LogP contribution in [0.15, 0.2) is 41.1 Å². The fourth-order valence-electron chi connectivity index (χ4n) is 1.81. The summed E-state index contributed by atoms with van der Waals surface area (Å²) in [5.41, 5.74) is 3.73. The molecule has 0 saturated heterocycles. The molecule has 0 atom stereocenters. The zero-order chi connectivity index (χ0) is 12.8. The van der Waals surface area contributed by atoms with Gasteiger partial charge in [-0.1, -0.05) is 6.92 Å². The molecule has 0 saturated carbocycles. The van der Waals surface area contributed by atoms with Crippen LogP contribution >= 0.6 is 0 Å². The quantitative estimate of drug-likeness (QED) is 0.602. The topological polar surface area (TPSA) is 67.3 Å². The zero-order valence-electron chi connectivity index (χ0n) is 10.5. The third-order valence-electron chi connectivity index (χ3n) is 2.79. The molecule has 0 aliphatic heterocycles. The predicted molar refractivity (Wildman–Crippen MR) is 70.5 cm³/mol. The Morgan fingerprint density at radius 3 is 2.94 bits per heavy atom. The second-order valence-corrected chi connectivity index (χ2v) is 4.08. The number of pyridine rings is 1. The minimum atomic E-state index is 0.682. The molecule has 5 nitrogen and oxygen atoms in total. The van der Waals surface area contributed by atoms with Crippen molar-refractivity contribution in [2.45, 2.75) is 20.0 Å². The molecule has 0 amide bonds. The molecule has 2 heterocycles. The molecule has 0 aromatic carbocycles. The molecule has 18 heavy (non-hydrogen) atoms. The van der Waals surface area contributed by atoms with Crippen molar-refractivity contribution in [1.29, 1.82) is 0 Å². The van der Waals surface area contributed by atoms with Crippen LogP contribution in [0.5, 0.6) is 0 Å². The van der Waals surface area contributed by atoms with E-state index in [4.69, 9.17) is 10.3 Å². The van der Waals surface area contributed by atoms with Gasteiger partial charge in [0.15, 0.2) is 0 Å². The summed E-state index contributed by atoms with van der Waals surface area (Å²) in [6.07, 6.45) is 3.46. The van der Waals surface area contributed by atoms with Crippen LogP contribution in [0.4, 0.5) is 5.82 Å². The van der Waals surface area contributed by atoms with E-state index < -0.39 is 0 Å². The number of hydrogen-bond donors (Lipinski definition) is 2. The first-order chi connectivity index (χ1) is 8.81. The van der Waals surface area contributed by atoms with E-state index in [1.165, 1.54) is 5.56 Å². The summed E-state index contributed by atoms with van der Waals surface area (Å²) >= 11 is 0. The largest absolute Gasteiger partial charge is 0.468 e. The number of nitrogens with two attached hydrogens (primary N) is 1. The fourth-order valence-corrected chi connectivity index (χ4v) is 1.81. The summed E-state index contributed by atoms with van der Waals surface area (Å²) < 4.78 is 5.36. The third-order valence-corrected chi connectivity index (χ3v) is 2.79. The highest BCUT2D eigenvalue weighted by atomic mass is 16.3. The van der Waals surface area contributed by atoms with Gasteiger partial charge in [0.25, 0.3) is 0 Å². The number of nitrogens with zero attached hydrogens (tertiary/aromatic N) is 2. The van der Waals surface area contributed by atoms with E-state index in [0.717, 1.165) is 25.4 Å². The molecule has 0 aliphatic rings. The fraction of sp³-hybridized carbons (Fsp3) is 0.308. The predicted octanol–water partition coefficient (Wildman–Crippen LogP) is 1.98. The average molecular weight is 246 g/mol. The highest BCUT2D eigenvalue weighted by Crippen LogP contribution is 2.12. The molecular formula is C13H18N4O. The lowest BCUT2D eigenvalue weighted by Crippen LogP contribution is -2.22. The number of rotatable bonds is 6. The van der Waals surface area contributed by atoms with Gasteiger partial charge in [-0.05, 0) is 36.4 Å². The van der Waals surface area contributed by atoms with Crippen molar-refractivity contribution in [1.82, 2.24) is 9.88 Å². The Bertz CT molecular complexity index is 470. The smallest absolute Gasteiger partial charge is 0.140 e. The van der Waals surface area contributed by atoms with Gasteiger partial charge in [0.2, 0.25) is 0 Å². The lowest BCUT2D eigenvalue weighted by molar-refractivity contribution is 0.248. The summed E-state index contributed by atoms with van der Waals surface area (Å²) in [6, 6.07) is 7.84. The van der Waals surface area contributed by atoms with Crippen LogP contribution in [0.1, 0.15) is 18.2 Å². The van der Waals surface area contributed by atoms with Crippen LogP contribution in [-0.4, -0.2) is 16.4 Å². The number of aromatic nitrogens is 1. The summed E-state index contributed by atoms with van der Waals surface area (Å²) in [7, 11) is 0. The van der Waals surface area contributed by atoms with Crippen molar-refractivity contribution in [2.24, 2.45) is 5.84 Å². The van der Waals surface area contributed by atoms with Crippen molar-refractivity contribution >= 4 is 5.82 Å². The van der Waals surface area contributed by atoms with Crippen molar-refractivity contribution < 1.29 is 4.42 Å². The molecule has 0 unspecified atom stereocenters. The highest BCUT2D eigenvalue weighted by molar-refractivity contribution is 5.35. The molecule has 0 fully saturated rings. The van der Waals surface area contributed by atoms with Gasteiger partial charge in [-0.15, -0.1) is 0 Å². The van der Waals surface area contributed by atoms with Crippen LogP contribution in [-0.2, 0) is 13.1 Å². The zero-order valence-corrected chi connectivity index (χ0v) is 10.5. The van der Waals surface area contributed by atoms with Gasteiger partial charge in [-0.3, -0.25) is 4.90 Å². The van der Waals surface area contributed by atoms with E-state index in [9.17, 15) is 0 Å². The number of anilines is 1. The van der Waals surface area contributed by atoms with Gasteiger partial charge in [-0.2, -0.15) is 0 Å². The van der Waals surface area contributed by atoms with Gasteiger partial charge >= 0.3 is 0 Å². The second-order valence-electron chi connectivity index (χ2n) is 4.08. The van der Waals surface area contributed by atoms with Crippen LogP contribution in [0, 0.1) is 0 Å². The number of furan rings is 1. The minimum Gasteiger partial charge on any atom is -0.468 e. The SMILES string of the molecule is CCN(Cc1ccnc(NN)c1)Cc1ccco1. The molecule has 0 spiro atoms. The van der Waals surface area contributed by atoms with Gasteiger partial charge in [0.1, 0.15) is 11.6 Å². The standard InChI is InChI=1S/C13H18N4O/c1-2-17(10-12-4-3-7-18-12)9-11-5-6-15-13(8-11)16-14/h3-8H,2,9-10,14H2,1H3,(H,15,16). The Kier molecular flexibility index (Phi) is 4.33. The van der Waals surface area contributed by atoms with Crippen LogP contribution < -0.4 is 11.3 Å². The van der Waals surface area contributed by atoms with Crippen molar-refractivity contribution in [3.63, 3.8) is 0 Å². The summed E-state index contributed by atoms with van der Waals surface area (Å²) in [4.78, 5) is 6.38. The second kappa shape index (κ2) is 6.18. The van der Waals surface area contributed by atoms with E-state index in [-0.39, 0.29) is 0 Å². The molecule has 5 heteroatoms. The van der Waals surface area contributed by atoms with Gasteiger partial charge in [0.05, 0.1) is 12.8 Å². The number of hydrogen-bond acceptors (Lipinski definition) is 5. The Balaban J connectivity index is 2.00. The van der Waals surface area contributed by atoms with E-state index in [0.29, 0.717) is 5.82 Å². The van der Waals surface area contributed by atoms with Crippen LogP contribution in [0.3, 0.4) is 0 Å². The third kappa shape index (κ3) is 3.32. The molecule has 2 aromatic rings. The summed E-state index contributed by atoms with van der Waals surface area (Å²) in [6.45, 7) is 4.73. The first kappa shape index (κ1) is 12.6. The first-order valence-electron chi connectivity index (χ1n) is 5.98. The molecule has 0 aliphatic carbocycles. The van der Waals surface area contributed by atoms with E-state index in [2.05, 4.69) is 22.2 Å². The molecule has 2 rings (SSSR count). The number of hydrazine groups is 1. The maximum Gasteiger partial charge on any atom is 0.140 e. The summed E-state index contributed by atoms with van der Waals surface area (Å²) in [5, 5.41) is 0. The highest BCUT2D eigenvalue weighted by Gasteiger charge is 2.07. The first-order valence-corrected chi connectivity index (χ1v) is 5.98. The van der Waals surface area contributed by atoms with Gasteiger partial charge in [-0.25, -0.2) is 10.8 Å². The molecule has 0 radical (unpaired) electrons. The normalized spacial score (nSPS) is 10.8. The Morgan fingerprint density at radius 2 is 2.28 bits per heavy atom. The van der Waals surface area contributed by atoms with Crippen molar-refractivity contribution in [3.05, 3.63) is 48.0 Å². The van der Waals surface area contributed by atoms with Crippen molar-refractivity contribution in [3.8, 4) is 0 Å². The van der Waals surface area contributed by atoms with E-state index in [1.54, 1.807) is 12.5 Å². The van der Waals surface area contributed by atoms with Crippen LogP contribution in [0.25, 0.3) is 0 Å². The Labute approximate surface area is 107 Å². The molecule has 3 N–H and O–H groups in total. The number of nitrogens with one attached hydrogen (secondary N) is 1. The molecule has 96 valence electrons. The monoisotopic (exact) mass is 246 g/mol. The molecular weight excluding hydrogens is 228 g/mol. The molecule has 0 bridgehead atoms. The maximum absolute atomic E-state index is 5.36. The Hall–Kier alpha value is -1.85. The van der Waals surface area contributed by atoms with E-state index >= 15 is 0 Å². The summed E-state index contributed by atoms with van der Waals surface area (Å²) in [5.74, 6) is 7.01. The Morgan fingerprint density at radius 1 is 1.39 bits per heavy atom. The van der Waals surface area contributed by atoms with Crippen LogP contribution in [0.2, 0.25) is 0 Å². The lowest BCUT2D eigenvalue weighted by atomic mass is 10.2. The number of nitrogen functional groups attached to an aromatic ring is 1. The van der Waals surface area contributed by atoms with E-state index in [1.807, 2.05) is 24.3 Å². The lowest BCUT2D eigenvalue weighted by Gasteiger charge is -2.19. The van der Waals surface area contributed by atoms with Gasteiger partial charge in [0, 0.05) is 12.7 Å². The maximum atomic E-state index is 5.36. The average Bonchev–Trinajstić information content (AvgIpc) is 2.91. The van der Waals surface area contributed by atoms with Gasteiger partial charge < -0.3 is 9.84 Å². The minimum absolute atomic E-state index is 0.682. The molecule has 2 aromatic heterocycles.